The summed E-state index contributed by atoms with van der Waals surface area (Å²) in [7, 11) is 5.17. The van der Waals surface area contributed by atoms with Gasteiger partial charge >= 0.3 is 0 Å². The summed E-state index contributed by atoms with van der Waals surface area (Å²) in [5.41, 5.74) is 0.443. The highest BCUT2D eigenvalue weighted by Gasteiger charge is 2.46. The van der Waals surface area contributed by atoms with Crippen molar-refractivity contribution < 1.29 is 24.4 Å². The molecule has 1 aliphatic heterocycles. The Hall–Kier alpha value is -3.72. The van der Waals surface area contributed by atoms with Gasteiger partial charge in [0.05, 0.1) is 23.6 Å². The predicted molar refractivity (Wildman–Crippen MR) is 114 cm³/mol. The van der Waals surface area contributed by atoms with Crippen LogP contribution in [0.1, 0.15) is 17.2 Å². The van der Waals surface area contributed by atoms with Crippen LogP contribution in [0, 0.1) is 10.1 Å². The van der Waals surface area contributed by atoms with Gasteiger partial charge < -0.3 is 19.6 Å². The molecule has 1 heterocycles. The minimum atomic E-state index is -0.943. The molecule has 31 heavy (non-hydrogen) atoms. The number of nitrogens with zero attached hydrogens (tertiary/aromatic N) is 3. The number of hydrogen-bond acceptors (Lipinski definition) is 7. The standard InChI is InChI=1S/C22H23N3O6/c1-23(2)11-12-24-19(15-5-4-6-16(13-15)25(29)30)18(21(27)22(24)28)20(26)14-7-9-17(31-3)10-8-14/h4-10,13,19,26H,11-12H2,1-3H3/t19-/m1/s1. The first-order chi connectivity index (χ1) is 14.7. The van der Waals surface area contributed by atoms with E-state index in [1.165, 1.54) is 30.2 Å². The number of rotatable bonds is 7. The number of ketones is 1. The van der Waals surface area contributed by atoms with Crippen LogP contribution in [-0.2, 0) is 9.59 Å². The minimum absolute atomic E-state index is 0.102. The Bertz CT molecular complexity index is 1050. The monoisotopic (exact) mass is 425 g/mol. The van der Waals surface area contributed by atoms with Crippen LogP contribution in [0.2, 0.25) is 0 Å². The number of Topliss-reactive ketones (excluding diaryl/α,β-unsaturated/α-hetero) is 1. The third kappa shape index (κ3) is 4.41. The molecule has 162 valence electrons. The molecule has 9 heteroatoms. The van der Waals surface area contributed by atoms with E-state index in [-0.39, 0.29) is 23.6 Å². The van der Waals surface area contributed by atoms with Crippen LogP contribution in [0.3, 0.4) is 0 Å². The number of methoxy groups -OCH3 is 1. The molecule has 1 aliphatic rings. The van der Waals surface area contributed by atoms with Crippen molar-refractivity contribution in [3.8, 4) is 5.75 Å². The fourth-order valence-corrected chi connectivity index (χ4v) is 3.48. The Morgan fingerprint density at radius 2 is 1.87 bits per heavy atom. The number of carbonyl (C=O) groups is 2. The molecule has 0 saturated carbocycles. The molecule has 0 radical (unpaired) electrons. The van der Waals surface area contributed by atoms with Crippen molar-refractivity contribution in [2.24, 2.45) is 0 Å². The van der Waals surface area contributed by atoms with Gasteiger partial charge in [-0.1, -0.05) is 12.1 Å². The number of likely N-dealkylation sites (N-methyl/N-ethyl adjacent to an activating group) is 1. The molecule has 0 aliphatic carbocycles. The molecule has 2 aromatic rings. The Morgan fingerprint density at radius 1 is 1.19 bits per heavy atom. The topological polar surface area (TPSA) is 113 Å². The summed E-state index contributed by atoms with van der Waals surface area (Å²) < 4.78 is 5.11. The van der Waals surface area contributed by atoms with E-state index in [0.29, 0.717) is 23.4 Å². The van der Waals surface area contributed by atoms with E-state index in [4.69, 9.17) is 4.74 Å². The summed E-state index contributed by atoms with van der Waals surface area (Å²) in [4.78, 5) is 39.7. The molecular formula is C22H23N3O6. The molecule has 1 amide bonds. The van der Waals surface area contributed by atoms with Gasteiger partial charge in [0, 0.05) is 30.8 Å². The number of aliphatic hydroxyl groups excluding tert-OH is 1. The first kappa shape index (κ1) is 22.0. The van der Waals surface area contributed by atoms with Gasteiger partial charge in [0.25, 0.3) is 17.4 Å². The van der Waals surface area contributed by atoms with Crippen LogP contribution >= 0.6 is 0 Å². The van der Waals surface area contributed by atoms with Crippen LogP contribution in [0.15, 0.2) is 54.1 Å². The fraction of sp³-hybridized carbons (Fsp3) is 0.273. The summed E-state index contributed by atoms with van der Waals surface area (Å²) in [6.45, 7) is 0.686. The van der Waals surface area contributed by atoms with Gasteiger partial charge in [-0.2, -0.15) is 0 Å². The fourth-order valence-electron chi connectivity index (χ4n) is 3.48. The molecule has 1 saturated heterocycles. The maximum Gasteiger partial charge on any atom is 0.295 e. The summed E-state index contributed by atoms with van der Waals surface area (Å²) >= 11 is 0. The quantitative estimate of drug-likeness (QED) is 0.238. The lowest BCUT2D eigenvalue weighted by atomic mass is 9.95. The van der Waals surface area contributed by atoms with Gasteiger partial charge in [0.2, 0.25) is 0 Å². The first-order valence-electron chi connectivity index (χ1n) is 9.56. The Balaban J connectivity index is 2.16. The van der Waals surface area contributed by atoms with Gasteiger partial charge in [-0.05, 0) is 43.9 Å². The molecule has 1 fully saturated rings. The highest BCUT2D eigenvalue weighted by atomic mass is 16.6. The molecular weight excluding hydrogens is 402 g/mol. The van der Waals surface area contributed by atoms with Crippen LogP contribution < -0.4 is 4.74 Å². The smallest absolute Gasteiger partial charge is 0.295 e. The summed E-state index contributed by atoms with van der Waals surface area (Å²) in [6, 6.07) is 11.2. The largest absolute Gasteiger partial charge is 0.507 e. The lowest BCUT2D eigenvalue weighted by molar-refractivity contribution is -0.384. The van der Waals surface area contributed by atoms with E-state index in [1.54, 1.807) is 30.3 Å². The van der Waals surface area contributed by atoms with Gasteiger partial charge in [0.1, 0.15) is 11.5 Å². The summed E-state index contributed by atoms with van der Waals surface area (Å²) in [5.74, 6) is -1.36. The molecule has 0 unspecified atom stereocenters. The van der Waals surface area contributed by atoms with Crippen molar-refractivity contribution in [1.82, 2.24) is 9.80 Å². The number of amides is 1. The van der Waals surface area contributed by atoms with E-state index in [1.807, 2.05) is 19.0 Å². The third-order valence-electron chi connectivity index (χ3n) is 5.09. The SMILES string of the molecule is COc1ccc(C(O)=C2C(=O)C(=O)N(CCN(C)C)[C@@H]2c2cccc([N+](=O)[O-])c2)cc1. The molecule has 1 atom stereocenters. The van der Waals surface area contributed by atoms with Gasteiger partial charge in [0.15, 0.2) is 0 Å². The Morgan fingerprint density at radius 3 is 2.45 bits per heavy atom. The molecule has 9 nitrogen and oxygen atoms in total. The van der Waals surface area contributed by atoms with E-state index in [0.717, 1.165) is 0 Å². The third-order valence-corrected chi connectivity index (χ3v) is 5.09. The number of carbonyl (C=O) groups excluding carboxylic acids is 2. The molecule has 0 aromatic heterocycles. The Kier molecular flexibility index (Phi) is 6.36. The van der Waals surface area contributed by atoms with Crippen molar-refractivity contribution in [1.29, 1.82) is 0 Å². The van der Waals surface area contributed by atoms with Crippen molar-refractivity contribution in [2.75, 3.05) is 34.3 Å². The molecule has 2 aromatic carbocycles. The maximum atomic E-state index is 12.9. The predicted octanol–water partition coefficient (Wildman–Crippen LogP) is 2.59. The number of nitro groups is 1. The zero-order chi connectivity index (χ0) is 22.7. The van der Waals surface area contributed by atoms with E-state index in [9.17, 15) is 24.8 Å². The highest BCUT2D eigenvalue weighted by Crippen LogP contribution is 2.40. The lowest BCUT2D eigenvalue weighted by Crippen LogP contribution is -2.35. The maximum absolute atomic E-state index is 12.9. The van der Waals surface area contributed by atoms with E-state index >= 15 is 0 Å². The number of hydrogen-bond donors (Lipinski definition) is 1. The number of ether oxygens (including phenoxy) is 1. The molecule has 1 N–H and O–H groups in total. The number of likely N-dealkylation sites (tertiary alicyclic amines) is 1. The van der Waals surface area contributed by atoms with Gasteiger partial charge in [-0.3, -0.25) is 19.7 Å². The number of non-ortho nitro benzene ring substituents is 1. The molecule has 0 spiro atoms. The highest BCUT2D eigenvalue weighted by molar-refractivity contribution is 6.46. The number of aliphatic hydroxyl groups is 1. The van der Waals surface area contributed by atoms with Crippen LogP contribution in [0.25, 0.3) is 5.76 Å². The van der Waals surface area contributed by atoms with Crippen molar-refractivity contribution in [3.05, 3.63) is 75.3 Å². The van der Waals surface area contributed by atoms with Crippen LogP contribution in [-0.4, -0.2) is 65.8 Å². The molecule has 3 rings (SSSR count). The summed E-state index contributed by atoms with van der Waals surface area (Å²) in [5, 5.41) is 22.2. The average Bonchev–Trinajstić information content (AvgIpc) is 3.02. The van der Waals surface area contributed by atoms with Crippen LogP contribution in [0.4, 0.5) is 5.69 Å². The molecule has 0 bridgehead atoms. The normalized spacial score (nSPS) is 17.9. The lowest BCUT2D eigenvalue weighted by Gasteiger charge is -2.26. The zero-order valence-electron chi connectivity index (χ0n) is 17.4. The average molecular weight is 425 g/mol. The zero-order valence-corrected chi connectivity index (χ0v) is 17.4. The van der Waals surface area contributed by atoms with Crippen molar-refractivity contribution in [2.45, 2.75) is 6.04 Å². The van der Waals surface area contributed by atoms with Crippen molar-refractivity contribution in [3.63, 3.8) is 0 Å². The van der Waals surface area contributed by atoms with Gasteiger partial charge in [-0.15, -0.1) is 0 Å². The van der Waals surface area contributed by atoms with Crippen molar-refractivity contribution >= 4 is 23.1 Å². The number of benzene rings is 2. The second-order valence-corrected chi connectivity index (χ2v) is 7.38. The first-order valence-corrected chi connectivity index (χ1v) is 9.56. The van der Waals surface area contributed by atoms with E-state index < -0.39 is 22.7 Å². The van der Waals surface area contributed by atoms with E-state index in [2.05, 4.69) is 0 Å². The second-order valence-electron chi connectivity index (χ2n) is 7.38. The minimum Gasteiger partial charge on any atom is -0.507 e. The second kappa shape index (κ2) is 8.97. The number of nitro benzene ring substituents is 1. The van der Waals surface area contributed by atoms with Crippen LogP contribution in [0.5, 0.6) is 5.75 Å². The Labute approximate surface area is 179 Å². The summed E-state index contributed by atoms with van der Waals surface area (Å²) in [6.07, 6.45) is 0. The van der Waals surface area contributed by atoms with Gasteiger partial charge in [-0.25, -0.2) is 0 Å².